The van der Waals surface area contributed by atoms with Crippen LogP contribution in [-0.4, -0.2) is 18.0 Å². The lowest BCUT2D eigenvalue weighted by Gasteiger charge is -2.59. The Morgan fingerprint density at radius 2 is 1.44 bits per heavy atom. The molecule has 0 spiro atoms. The predicted molar refractivity (Wildman–Crippen MR) is 112 cm³/mol. The van der Waals surface area contributed by atoms with Crippen LogP contribution < -0.4 is 10.6 Å². The molecule has 4 fully saturated rings. The zero-order valence-corrected chi connectivity index (χ0v) is 17.7. The average Bonchev–Trinajstić information content (AvgIpc) is 2.56. The normalized spacial score (nSPS) is 33.7. The molecule has 2 N–H and O–H groups in total. The lowest BCUT2D eigenvalue weighted by molar-refractivity contribution is -0.119. The van der Waals surface area contributed by atoms with Gasteiger partial charge >= 0.3 is 0 Å². The van der Waals surface area contributed by atoms with E-state index >= 15 is 0 Å². The van der Waals surface area contributed by atoms with Crippen molar-refractivity contribution in [3.63, 3.8) is 0 Å². The van der Waals surface area contributed by atoms with Gasteiger partial charge in [-0.1, -0.05) is 17.7 Å². The van der Waals surface area contributed by atoms with Crippen molar-refractivity contribution in [1.82, 2.24) is 5.32 Å². The van der Waals surface area contributed by atoms with Crippen LogP contribution in [0.2, 0.25) is 0 Å². The number of nitrogens with one attached hydrogen (secondary N) is 2. The molecule has 4 bridgehead atoms. The molecule has 4 aliphatic carbocycles. The molecule has 0 aromatic heterocycles. The molecular weight excluding hydrogens is 332 g/mol. The van der Waals surface area contributed by atoms with Crippen LogP contribution >= 0.6 is 0 Å². The monoisotopic (exact) mass is 368 g/mol. The molecule has 4 aliphatic rings. The minimum atomic E-state index is -0.173. The lowest BCUT2D eigenvalue weighted by atomic mass is 9.48. The number of rotatable bonds is 5. The third kappa shape index (κ3) is 3.55. The van der Waals surface area contributed by atoms with Crippen molar-refractivity contribution in [3.8, 4) is 0 Å². The zero-order chi connectivity index (χ0) is 19.3. The lowest BCUT2D eigenvalue weighted by Crippen LogP contribution is -2.57. The number of carbonyl (C=O) groups is 1. The number of hydrogen-bond donors (Lipinski definition) is 2. The Balaban J connectivity index is 1.42. The SMILES string of the molecule is Cc1cc(C)c(NC(=O)[C@@H](C)N[C@@H](C)C23CC4CC(CC(C4)C2)C3)c(C)c1. The summed E-state index contributed by atoms with van der Waals surface area (Å²) < 4.78 is 0. The minimum Gasteiger partial charge on any atom is -0.324 e. The van der Waals surface area contributed by atoms with Crippen molar-refractivity contribution in [2.75, 3.05) is 5.32 Å². The first kappa shape index (κ1) is 19.0. The highest BCUT2D eigenvalue weighted by Crippen LogP contribution is 2.61. The van der Waals surface area contributed by atoms with Crippen LogP contribution in [0.25, 0.3) is 0 Å². The van der Waals surface area contributed by atoms with Gasteiger partial charge in [0, 0.05) is 11.7 Å². The van der Waals surface area contributed by atoms with Gasteiger partial charge in [0.05, 0.1) is 6.04 Å². The van der Waals surface area contributed by atoms with Gasteiger partial charge in [-0.15, -0.1) is 0 Å². The molecule has 1 aromatic rings. The van der Waals surface area contributed by atoms with Crippen LogP contribution in [-0.2, 0) is 4.79 Å². The number of aryl methyl sites for hydroxylation is 3. The Bertz CT molecular complexity index is 680. The van der Waals surface area contributed by atoms with Crippen LogP contribution in [0.3, 0.4) is 0 Å². The number of anilines is 1. The van der Waals surface area contributed by atoms with Gasteiger partial charge in [-0.3, -0.25) is 4.79 Å². The summed E-state index contributed by atoms with van der Waals surface area (Å²) in [6.07, 6.45) is 8.52. The topological polar surface area (TPSA) is 41.1 Å². The van der Waals surface area contributed by atoms with Gasteiger partial charge in [0.1, 0.15) is 0 Å². The summed E-state index contributed by atoms with van der Waals surface area (Å²) in [5.74, 6) is 2.93. The third-order valence-electron chi connectivity index (χ3n) is 7.82. The Kier molecular flexibility index (Phi) is 4.86. The first-order valence-corrected chi connectivity index (χ1v) is 10.9. The minimum absolute atomic E-state index is 0.0848. The average molecular weight is 369 g/mol. The Hall–Kier alpha value is -1.35. The van der Waals surface area contributed by atoms with Crippen LogP contribution in [0.4, 0.5) is 5.69 Å². The summed E-state index contributed by atoms with van der Waals surface area (Å²) >= 11 is 0. The predicted octanol–water partition coefficient (Wildman–Crippen LogP) is 5.13. The first-order valence-electron chi connectivity index (χ1n) is 10.9. The Labute approximate surface area is 164 Å². The van der Waals surface area contributed by atoms with Crippen LogP contribution in [0.1, 0.15) is 69.1 Å². The summed E-state index contributed by atoms with van der Waals surface area (Å²) in [5.41, 5.74) is 4.93. The second kappa shape index (κ2) is 6.92. The molecular formula is C24H36N2O. The number of carbonyl (C=O) groups excluding carboxylic acids is 1. The van der Waals surface area contributed by atoms with Gasteiger partial charge in [-0.05, 0) is 107 Å². The van der Waals surface area contributed by atoms with Crippen LogP contribution in [0, 0.1) is 43.9 Å². The van der Waals surface area contributed by atoms with E-state index in [9.17, 15) is 4.79 Å². The molecule has 4 saturated carbocycles. The van der Waals surface area contributed by atoms with Crippen molar-refractivity contribution in [1.29, 1.82) is 0 Å². The highest BCUT2D eigenvalue weighted by Gasteiger charge is 2.53. The van der Waals surface area contributed by atoms with Gasteiger partial charge in [0.25, 0.3) is 0 Å². The molecule has 5 rings (SSSR count). The van der Waals surface area contributed by atoms with E-state index < -0.39 is 0 Å². The van der Waals surface area contributed by atoms with Crippen molar-refractivity contribution >= 4 is 11.6 Å². The number of hydrogen-bond acceptors (Lipinski definition) is 2. The molecule has 1 aromatic carbocycles. The van der Waals surface area contributed by atoms with E-state index in [4.69, 9.17) is 0 Å². The molecule has 148 valence electrons. The first-order chi connectivity index (χ1) is 12.8. The third-order valence-corrected chi connectivity index (χ3v) is 7.82. The van der Waals surface area contributed by atoms with E-state index in [1.807, 2.05) is 6.92 Å². The molecule has 2 atom stereocenters. The van der Waals surface area contributed by atoms with Crippen molar-refractivity contribution in [3.05, 3.63) is 28.8 Å². The van der Waals surface area contributed by atoms with E-state index in [0.29, 0.717) is 11.5 Å². The molecule has 0 heterocycles. The van der Waals surface area contributed by atoms with Gasteiger partial charge in [-0.2, -0.15) is 0 Å². The highest BCUT2D eigenvalue weighted by atomic mass is 16.2. The number of amides is 1. The molecule has 0 aliphatic heterocycles. The fourth-order valence-corrected chi connectivity index (χ4v) is 6.94. The second-order valence-corrected chi connectivity index (χ2v) is 10.2. The summed E-state index contributed by atoms with van der Waals surface area (Å²) in [5, 5.41) is 6.88. The molecule has 27 heavy (non-hydrogen) atoms. The maximum absolute atomic E-state index is 12.9. The van der Waals surface area contributed by atoms with E-state index in [1.54, 1.807) is 0 Å². The van der Waals surface area contributed by atoms with E-state index in [0.717, 1.165) is 34.6 Å². The molecule has 3 heteroatoms. The molecule has 0 unspecified atom stereocenters. The van der Waals surface area contributed by atoms with E-state index in [-0.39, 0.29) is 11.9 Å². The van der Waals surface area contributed by atoms with Gasteiger partial charge in [0.15, 0.2) is 0 Å². The molecule has 1 amide bonds. The zero-order valence-electron chi connectivity index (χ0n) is 17.7. The molecule has 0 saturated heterocycles. The van der Waals surface area contributed by atoms with Crippen molar-refractivity contribution < 1.29 is 4.79 Å². The van der Waals surface area contributed by atoms with E-state index in [2.05, 4.69) is 50.5 Å². The van der Waals surface area contributed by atoms with Crippen molar-refractivity contribution in [2.24, 2.45) is 23.2 Å². The van der Waals surface area contributed by atoms with Crippen LogP contribution in [0.15, 0.2) is 12.1 Å². The quantitative estimate of drug-likeness (QED) is 0.756. The second-order valence-electron chi connectivity index (χ2n) is 10.2. The largest absolute Gasteiger partial charge is 0.324 e. The standard InChI is InChI=1S/C24H36N2O/c1-14-6-15(2)22(16(3)7-14)26-23(27)17(4)25-18(5)24-11-19-8-20(12-24)10-21(9-19)13-24/h6-7,17-21,25H,8-13H2,1-5H3,(H,26,27)/t17-,18+,19?,20?,21?,24?/m1/s1. The Morgan fingerprint density at radius 3 is 1.93 bits per heavy atom. The summed E-state index contributed by atoms with van der Waals surface area (Å²) in [7, 11) is 0. The van der Waals surface area contributed by atoms with Gasteiger partial charge in [-0.25, -0.2) is 0 Å². The van der Waals surface area contributed by atoms with Crippen molar-refractivity contribution in [2.45, 2.75) is 85.2 Å². The maximum atomic E-state index is 12.9. The fourth-order valence-electron chi connectivity index (χ4n) is 6.94. The summed E-state index contributed by atoms with van der Waals surface area (Å²) in [4.78, 5) is 12.9. The molecule has 3 nitrogen and oxygen atoms in total. The van der Waals surface area contributed by atoms with Gasteiger partial charge in [0.2, 0.25) is 5.91 Å². The van der Waals surface area contributed by atoms with Crippen LogP contribution in [0.5, 0.6) is 0 Å². The Morgan fingerprint density at radius 1 is 0.963 bits per heavy atom. The smallest absolute Gasteiger partial charge is 0.241 e. The van der Waals surface area contributed by atoms with Gasteiger partial charge < -0.3 is 10.6 Å². The van der Waals surface area contributed by atoms with E-state index in [1.165, 1.54) is 44.1 Å². The summed E-state index contributed by atoms with van der Waals surface area (Å²) in [6.45, 7) is 10.6. The maximum Gasteiger partial charge on any atom is 0.241 e. The highest BCUT2D eigenvalue weighted by molar-refractivity contribution is 5.96. The number of benzene rings is 1. The fraction of sp³-hybridized carbons (Fsp3) is 0.708. The molecule has 0 radical (unpaired) electrons. The summed E-state index contributed by atoms with van der Waals surface area (Å²) in [6, 6.07) is 4.51.